The molecule has 1 unspecified atom stereocenters. The van der Waals surface area contributed by atoms with E-state index in [0.717, 1.165) is 27.7 Å². The second kappa shape index (κ2) is 10.6. The number of phosphoric acid groups is 1. The highest BCUT2D eigenvalue weighted by Crippen LogP contribution is 2.52. The van der Waals surface area contributed by atoms with E-state index < -0.39 is 86.9 Å². The Hall–Kier alpha value is -3.30. The van der Waals surface area contributed by atoms with Crippen LogP contribution in [0.2, 0.25) is 0 Å². The third kappa shape index (κ3) is 5.01. The van der Waals surface area contributed by atoms with Crippen molar-refractivity contribution < 1.29 is 48.4 Å². The number of ether oxygens (including phenoxy) is 2. The van der Waals surface area contributed by atoms with Gasteiger partial charge in [0.2, 0.25) is 5.95 Å². The number of nitrogen functional groups attached to an aromatic ring is 1. The van der Waals surface area contributed by atoms with E-state index in [1.54, 1.807) is 0 Å². The number of rotatable bonds is 8. The molecule has 9 atom stereocenters. The zero-order valence-corrected chi connectivity index (χ0v) is 21.0. The third-order valence-corrected chi connectivity index (χ3v) is 7.37. The van der Waals surface area contributed by atoms with Crippen LogP contribution in [0.25, 0.3) is 11.2 Å². The summed E-state index contributed by atoms with van der Waals surface area (Å²) in [5.74, 6) is -0.290. The lowest BCUT2D eigenvalue weighted by Gasteiger charge is -2.27. The van der Waals surface area contributed by atoms with Gasteiger partial charge in [0, 0.05) is 12.3 Å². The van der Waals surface area contributed by atoms with Crippen molar-refractivity contribution in [2.45, 2.75) is 49.1 Å². The molecule has 0 bridgehead atoms. The second-order valence-electron chi connectivity index (χ2n) is 8.88. The molecule has 0 aromatic carbocycles. The molecular weight excluding hydrogens is 565 g/mol. The molecule has 2 fully saturated rings. The highest BCUT2D eigenvalue weighted by Gasteiger charge is 2.53. The standard InChI is InChI=1S/C19H24N7O13P/c20-18-23-14-9(15(32)24-18)21-5-26(14)17-13(11(31)7(4-28)37-17)39-40(34,35)38-12-10(30)6(3-27)36-16(12)25-2-1-8(29)22-19(25)33/h1-2,5-7,10-13,16-17,27-28,30-31H,3-4H2,(H,34,35)(H,22,29,33)(H3,20,23,24,32)/t6-,7-,10-,11-,12-,13-,16-,17-/m1/s1. The van der Waals surface area contributed by atoms with Gasteiger partial charge in [-0.15, -0.1) is 0 Å². The first-order chi connectivity index (χ1) is 18.9. The van der Waals surface area contributed by atoms with Crippen molar-refractivity contribution in [3.8, 4) is 0 Å². The number of aromatic amines is 2. The van der Waals surface area contributed by atoms with Gasteiger partial charge >= 0.3 is 13.5 Å². The largest absolute Gasteiger partial charge is 0.473 e. The monoisotopic (exact) mass is 589 g/mol. The maximum absolute atomic E-state index is 13.2. The number of phosphoric ester groups is 1. The van der Waals surface area contributed by atoms with Crippen LogP contribution in [0, 0.1) is 0 Å². The fraction of sp³-hybridized carbons (Fsp3) is 0.526. The van der Waals surface area contributed by atoms with Gasteiger partial charge in [0.1, 0.15) is 36.6 Å². The van der Waals surface area contributed by atoms with Gasteiger partial charge < -0.3 is 40.5 Å². The third-order valence-electron chi connectivity index (χ3n) is 6.35. The van der Waals surface area contributed by atoms with E-state index in [-0.39, 0.29) is 17.1 Å². The fourth-order valence-electron chi connectivity index (χ4n) is 4.50. The lowest BCUT2D eigenvalue weighted by atomic mass is 10.1. The Morgan fingerprint density at radius 3 is 2.12 bits per heavy atom. The van der Waals surface area contributed by atoms with E-state index in [4.69, 9.17) is 24.3 Å². The van der Waals surface area contributed by atoms with Crippen LogP contribution in [-0.2, 0) is 23.1 Å². The Bertz CT molecular complexity index is 1620. The van der Waals surface area contributed by atoms with Gasteiger partial charge in [0.15, 0.2) is 23.6 Å². The molecule has 5 rings (SSSR count). The van der Waals surface area contributed by atoms with E-state index in [9.17, 15) is 44.3 Å². The molecule has 5 heterocycles. The summed E-state index contributed by atoms with van der Waals surface area (Å²) in [5.41, 5.74) is 2.82. The summed E-state index contributed by atoms with van der Waals surface area (Å²) in [6.07, 6.45) is -10.8. The highest BCUT2D eigenvalue weighted by molar-refractivity contribution is 7.47. The van der Waals surface area contributed by atoms with Crippen LogP contribution < -0.4 is 22.5 Å². The summed E-state index contributed by atoms with van der Waals surface area (Å²) in [6.45, 7) is -1.52. The van der Waals surface area contributed by atoms with Crippen LogP contribution in [0.5, 0.6) is 0 Å². The predicted octanol–water partition coefficient (Wildman–Crippen LogP) is -4.38. The van der Waals surface area contributed by atoms with Gasteiger partial charge in [0.05, 0.1) is 19.5 Å². The summed E-state index contributed by atoms with van der Waals surface area (Å²) in [5, 5.41) is 40.5. The molecule has 0 radical (unpaired) electrons. The van der Waals surface area contributed by atoms with Gasteiger partial charge in [-0.05, 0) is 0 Å². The Morgan fingerprint density at radius 1 is 1.00 bits per heavy atom. The number of aromatic nitrogens is 6. The van der Waals surface area contributed by atoms with Crippen molar-refractivity contribution in [1.29, 1.82) is 0 Å². The van der Waals surface area contributed by atoms with Gasteiger partial charge in [-0.3, -0.25) is 37.7 Å². The van der Waals surface area contributed by atoms with Crippen LogP contribution in [0.15, 0.2) is 33.0 Å². The molecule has 40 heavy (non-hydrogen) atoms. The maximum atomic E-state index is 13.2. The molecular formula is C19H24N7O13P. The normalized spacial score (nSPS) is 32.0. The Morgan fingerprint density at radius 2 is 1.57 bits per heavy atom. The lowest BCUT2D eigenvalue weighted by molar-refractivity contribution is -0.0649. The zero-order valence-electron chi connectivity index (χ0n) is 20.1. The van der Waals surface area contributed by atoms with Gasteiger partial charge in [-0.25, -0.2) is 14.3 Å². The number of aliphatic hydroxyl groups is 4. The van der Waals surface area contributed by atoms with Crippen LogP contribution in [0.3, 0.4) is 0 Å². The van der Waals surface area contributed by atoms with E-state index in [1.807, 2.05) is 4.98 Å². The Kier molecular flexibility index (Phi) is 7.48. The Balaban J connectivity index is 1.46. The first-order valence-electron chi connectivity index (χ1n) is 11.6. The van der Waals surface area contributed by atoms with Gasteiger partial charge in [-0.1, -0.05) is 0 Å². The summed E-state index contributed by atoms with van der Waals surface area (Å²) < 4.78 is 36.5. The predicted molar refractivity (Wildman–Crippen MR) is 127 cm³/mol. The number of nitrogens with two attached hydrogens (primary N) is 1. The first-order valence-corrected chi connectivity index (χ1v) is 13.1. The highest BCUT2D eigenvalue weighted by atomic mass is 31.2. The fourth-order valence-corrected chi connectivity index (χ4v) is 5.63. The van der Waals surface area contributed by atoms with E-state index in [2.05, 4.69) is 15.0 Å². The summed E-state index contributed by atoms with van der Waals surface area (Å²) in [6, 6.07) is 0.947. The molecule has 3 aromatic heterocycles. The number of nitrogens with zero attached hydrogens (tertiary/aromatic N) is 4. The number of fused-ring (bicyclic) bond motifs is 1. The molecule has 2 saturated heterocycles. The average molecular weight is 589 g/mol. The summed E-state index contributed by atoms with van der Waals surface area (Å²) >= 11 is 0. The minimum Gasteiger partial charge on any atom is -0.394 e. The molecule has 218 valence electrons. The van der Waals surface area contributed by atoms with E-state index >= 15 is 0 Å². The molecule has 0 amide bonds. The van der Waals surface area contributed by atoms with Gasteiger partial charge in [0.25, 0.3) is 11.1 Å². The van der Waals surface area contributed by atoms with Crippen molar-refractivity contribution >= 4 is 24.9 Å². The Labute approximate surface area is 220 Å². The van der Waals surface area contributed by atoms with Crippen LogP contribution in [0.4, 0.5) is 5.95 Å². The quantitative estimate of drug-likeness (QED) is 0.115. The number of H-pyrrole nitrogens is 2. The van der Waals surface area contributed by atoms with E-state index in [1.165, 1.54) is 0 Å². The SMILES string of the molecule is Nc1nc2c(ncn2[C@@H]2O[C@H](CO)[C@@H](O)[C@H]2OP(=O)(O)O[C@@H]2[C@H](O)[C@@H](CO)O[C@H]2n2ccc(=O)[nH]c2=O)c(=O)[nH]1. The number of aliphatic hydroxyl groups excluding tert-OH is 4. The van der Waals surface area contributed by atoms with Crippen molar-refractivity contribution in [2.24, 2.45) is 0 Å². The molecule has 2 aliphatic rings. The molecule has 21 heteroatoms. The molecule has 2 aliphatic heterocycles. The van der Waals surface area contributed by atoms with Crippen molar-refractivity contribution in [1.82, 2.24) is 29.1 Å². The lowest BCUT2D eigenvalue weighted by Crippen LogP contribution is -2.40. The van der Waals surface area contributed by atoms with Crippen molar-refractivity contribution in [3.63, 3.8) is 0 Å². The molecule has 0 saturated carbocycles. The summed E-state index contributed by atoms with van der Waals surface area (Å²) in [4.78, 5) is 58.7. The molecule has 0 aliphatic carbocycles. The molecule has 3 aromatic rings. The number of nitrogens with one attached hydrogen (secondary N) is 2. The minimum atomic E-state index is -5.32. The van der Waals surface area contributed by atoms with Crippen molar-refractivity contribution in [3.05, 3.63) is 49.8 Å². The van der Waals surface area contributed by atoms with Crippen LogP contribution >= 0.6 is 7.82 Å². The number of anilines is 1. The van der Waals surface area contributed by atoms with Crippen LogP contribution in [-0.4, -0.2) is 104 Å². The number of hydrogen-bond acceptors (Lipinski definition) is 15. The van der Waals surface area contributed by atoms with E-state index in [0.29, 0.717) is 0 Å². The van der Waals surface area contributed by atoms with Crippen molar-refractivity contribution in [2.75, 3.05) is 18.9 Å². The smallest absolute Gasteiger partial charge is 0.394 e. The maximum Gasteiger partial charge on any atom is 0.473 e. The zero-order chi connectivity index (χ0) is 28.9. The topological polar surface area (TPSA) is 300 Å². The molecule has 9 N–H and O–H groups in total. The summed E-state index contributed by atoms with van der Waals surface area (Å²) in [7, 11) is -5.32. The average Bonchev–Trinajstić information content (AvgIpc) is 3.53. The minimum absolute atomic E-state index is 0.137. The second-order valence-corrected chi connectivity index (χ2v) is 10.2. The molecule has 0 spiro atoms. The first kappa shape index (κ1) is 28.2. The van der Waals surface area contributed by atoms with Crippen LogP contribution in [0.1, 0.15) is 12.5 Å². The molecule has 20 nitrogen and oxygen atoms in total. The number of hydrogen-bond donors (Lipinski definition) is 8. The number of imidazole rings is 1. The van der Waals surface area contributed by atoms with Gasteiger partial charge in [-0.2, -0.15) is 4.98 Å².